The molecule has 4 rings (SSSR count). The zero-order valence-electron chi connectivity index (χ0n) is 17.6. The van der Waals surface area contributed by atoms with Gasteiger partial charge in [-0.2, -0.15) is 0 Å². The average Bonchev–Trinajstić information content (AvgIpc) is 3.24. The SMILES string of the molecule is O=C(CN(c1ccccc1)S(=O)(=O)c1ccc(F)cc1)Nc1ccc(N2CCCC2=O)cc1. The largest absolute Gasteiger partial charge is 0.325 e. The minimum absolute atomic E-state index is 0.0660. The van der Waals surface area contributed by atoms with Gasteiger partial charge in [-0.05, 0) is 67.1 Å². The van der Waals surface area contributed by atoms with Gasteiger partial charge in [0.1, 0.15) is 12.4 Å². The van der Waals surface area contributed by atoms with E-state index >= 15 is 0 Å². The third-order valence-corrected chi connectivity index (χ3v) is 7.06. The van der Waals surface area contributed by atoms with Gasteiger partial charge < -0.3 is 10.2 Å². The molecule has 1 aliphatic heterocycles. The summed E-state index contributed by atoms with van der Waals surface area (Å²) >= 11 is 0. The van der Waals surface area contributed by atoms with Crippen molar-refractivity contribution in [3.8, 4) is 0 Å². The maximum Gasteiger partial charge on any atom is 0.264 e. The summed E-state index contributed by atoms with van der Waals surface area (Å²) in [6.07, 6.45) is 1.34. The molecule has 0 saturated carbocycles. The van der Waals surface area contributed by atoms with E-state index < -0.39 is 28.3 Å². The number of hydrogen-bond donors (Lipinski definition) is 1. The number of halogens is 1. The van der Waals surface area contributed by atoms with Crippen LogP contribution in [-0.4, -0.2) is 33.3 Å². The van der Waals surface area contributed by atoms with Crippen molar-refractivity contribution in [3.05, 3.63) is 84.7 Å². The lowest BCUT2D eigenvalue weighted by molar-refractivity contribution is -0.117. The van der Waals surface area contributed by atoms with Crippen LogP contribution in [0.1, 0.15) is 12.8 Å². The Bertz CT molecular complexity index is 1250. The van der Waals surface area contributed by atoms with Crippen molar-refractivity contribution >= 4 is 38.9 Å². The molecule has 1 heterocycles. The maximum atomic E-state index is 13.3. The highest BCUT2D eigenvalue weighted by molar-refractivity contribution is 7.92. The number of carbonyl (C=O) groups excluding carboxylic acids is 2. The van der Waals surface area contributed by atoms with Crippen molar-refractivity contribution < 1.29 is 22.4 Å². The zero-order valence-corrected chi connectivity index (χ0v) is 18.5. The minimum Gasteiger partial charge on any atom is -0.325 e. The predicted molar refractivity (Wildman–Crippen MR) is 124 cm³/mol. The molecule has 33 heavy (non-hydrogen) atoms. The molecule has 0 bridgehead atoms. The first-order valence-electron chi connectivity index (χ1n) is 10.4. The Balaban J connectivity index is 1.53. The molecule has 9 heteroatoms. The Hall–Kier alpha value is -3.72. The Kier molecular flexibility index (Phi) is 6.41. The van der Waals surface area contributed by atoms with Crippen LogP contribution in [0.2, 0.25) is 0 Å². The van der Waals surface area contributed by atoms with E-state index in [1.165, 1.54) is 0 Å². The van der Waals surface area contributed by atoms with Gasteiger partial charge in [-0.3, -0.25) is 13.9 Å². The summed E-state index contributed by atoms with van der Waals surface area (Å²) in [4.78, 5) is 26.2. The van der Waals surface area contributed by atoms with Crippen molar-refractivity contribution in [3.63, 3.8) is 0 Å². The second kappa shape index (κ2) is 9.41. The first-order chi connectivity index (χ1) is 15.8. The van der Waals surface area contributed by atoms with E-state index in [1.54, 1.807) is 59.5 Å². The Morgan fingerprint density at radius 1 is 0.970 bits per heavy atom. The van der Waals surface area contributed by atoms with Crippen molar-refractivity contribution in [2.75, 3.05) is 27.6 Å². The van der Waals surface area contributed by atoms with Gasteiger partial charge in [0, 0.05) is 24.3 Å². The highest BCUT2D eigenvalue weighted by Crippen LogP contribution is 2.25. The number of sulfonamides is 1. The molecule has 7 nitrogen and oxygen atoms in total. The van der Waals surface area contributed by atoms with Crippen molar-refractivity contribution in [2.24, 2.45) is 0 Å². The maximum absolute atomic E-state index is 13.3. The molecule has 170 valence electrons. The molecule has 0 spiro atoms. The topological polar surface area (TPSA) is 86.8 Å². The highest BCUT2D eigenvalue weighted by atomic mass is 32.2. The summed E-state index contributed by atoms with van der Waals surface area (Å²) in [5.74, 6) is -1.04. The number of amides is 2. The van der Waals surface area contributed by atoms with Gasteiger partial charge in [-0.15, -0.1) is 0 Å². The quantitative estimate of drug-likeness (QED) is 0.573. The molecule has 0 unspecified atom stereocenters. The van der Waals surface area contributed by atoms with Crippen LogP contribution in [-0.2, 0) is 19.6 Å². The van der Waals surface area contributed by atoms with E-state index in [9.17, 15) is 22.4 Å². The number of benzene rings is 3. The lowest BCUT2D eigenvalue weighted by Crippen LogP contribution is -2.38. The molecule has 1 fully saturated rings. The summed E-state index contributed by atoms with van der Waals surface area (Å²) in [7, 11) is -4.12. The lowest BCUT2D eigenvalue weighted by Gasteiger charge is -2.24. The number of carbonyl (C=O) groups is 2. The fourth-order valence-electron chi connectivity index (χ4n) is 3.62. The van der Waals surface area contributed by atoms with E-state index in [0.29, 0.717) is 24.3 Å². The number of para-hydroxylation sites is 1. The summed E-state index contributed by atoms with van der Waals surface area (Å²) in [5, 5.41) is 2.70. The molecule has 0 atom stereocenters. The summed E-state index contributed by atoms with van der Waals surface area (Å²) in [6.45, 7) is 0.188. The van der Waals surface area contributed by atoms with Crippen LogP contribution in [0.25, 0.3) is 0 Å². The van der Waals surface area contributed by atoms with Gasteiger partial charge in [0.25, 0.3) is 10.0 Å². The Labute approximate surface area is 191 Å². The molecule has 3 aromatic rings. The fourth-order valence-corrected chi connectivity index (χ4v) is 5.04. The molecular formula is C24H22FN3O4S. The van der Waals surface area contributed by atoms with Gasteiger partial charge in [-0.25, -0.2) is 12.8 Å². The summed E-state index contributed by atoms with van der Waals surface area (Å²) in [5.41, 5.74) is 1.53. The van der Waals surface area contributed by atoms with E-state index in [0.717, 1.165) is 40.7 Å². The van der Waals surface area contributed by atoms with Crippen LogP contribution in [0, 0.1) is 5.82 Å². The minimum atomic E-state index is -4.12. The molecule has 1 aliphatic rings. The molecule has 0 aliphatic carbocycles. The fraction of sp³-hybridized carbons (Fsp3) is 0.167. The van der Waals surface area contributed by atoms with Crippen LogP contribution >= 0.6 is 0 Å². The van der Waals surface area contributed by atoms with E-state index in [2.05, 4.69) is 5.32 Å². The van der Waals surface area contributed by atoms with Crippen LogP contribution in [0.4, 0.5) is 21.5 Å². The second-order valence-electron chi connectivity index (χ2n) is 7.55. The number of rotatable bonds is 7. The summed E-state index contributed by atoms with van der Waals surface area (Å²) < 4.78 is 40.8. The van der Waals surface area contributed by atoms with Gasteiger partial charge in [0.15, 0.2) is 0 Å². The van der Waals surface area contributed by atoms with Gasteiger partial charge >= 0.3 is 0 Å². The average molecular weight is 468 g/mol. The van der Waals surface area contributed by atoms with Crippen LogP contribution < -0.4 is 14.5 Å². The van der Waals surface area contributed by atoms with Crippen LogP contribution in [0.3, 0.4) is 0 Å². The Morgan fingerprint density at radius 3 is 2.24 bits per heavy atom. The Morgan fingerprint density at radius 2 is 1.64 bits per heavy atom. The van der Waals surface area contributed by atoms with Crippen molar-refractivity contribution in [2.45, 2.75) is 17.7 Å². The standard InChI is InChI=1S/C24H22FN3O4S/c25-18-8-14-22(15-9-18)33(31,32)28(21-5-2-1-3-6-21)17-23(29)26-19-10-12-20(13-11-19)27-16-4-7-24(27)30/h1-3,5-6,8-15H,4,7,16-17H2,(H,26,29). The molecule has 1 N–H and O–H groups in total. The van der Waals surface area contributed by atoms with Crippen LogP contribution in [0.5, 0.6) is 0 Å². The van der Waals surface area contributed by atoms with E-state index in [1.807, 2.05) is 0 Å². The highest BCUT2D eigenvalue weighted by Gasteiger charge is 2.27. The van der Waals surface area contributed by atoms with Crippen molar-refractivity contribution in [1.29, 1.82) is 0 Å². The lowest BCUT2D eigenvalue weighted by atomic mass is 10.2. The van der Waals surface area contributed by atoms with Crippen molar-refractivity contribution in [1.82, 2.24) is 0 Å². The number of nitrogens with zero attached hydrogens (tertiary/aromatic N) is 2. The third-order valence-electron chi connectivity index (χ3n) is 5.27. The zero-order chi connectivity index (χ0) is 23.4. The normalized spacial score (nSPS) is 13.7. The van der Waals surface area contributed by atoms with E-state index in [4.69, 9.17) is 0 Å². The van der Waals surface area contributed by atoms with E-state index in [-0.39, 0.29) is 10.8 Å². The molecule has 1 saturated heterocycles. The number of nitrogens with one attached hydrogen (secondary N) is 1. The number of anilines is 3. The van der Waals surface area contributed by atoms with Gasteiger partial charge in [-0.1, -0.05) is 18.2 Å². The van der Waals surface area contributed by atoms with Gasteiger partial charge in [0.05, 0.1) is 10.6 Å². The van der Waals surface area contributed by atoms with Gasteiger partial charge in [0.2, 0.25) is 11.8 Å². The molecule has 0 aromatic heterocycles. The van der Waals surface area contributed by atoms with Crippen LogP contribution in [0.15, 0.2) is 83.8 Å². The number of hydrogen-bond acceptors (Lipinski definition) is 4. The second-order valence-corrected chi connectivity index (χ2v) is 9.41. The molecule has 3 aromatic carbocycles. The predicted octanol–water partition coefficient (Wildman–Crippen LogP) is 3.79. The first kappa shape index (κ1) is 22.5. The smallest absolute Gasteiger partial charge is 0.264 e. The molecular weight excluding hydrogens is 445 g/mol. The summed E-state index contributed by atoms with van der Waals surface area (Å²) in [6, 6.07) is 19.5. The third kappa shape index (κ3) is 5.04. The monoisotopic (exact) mass is 467 g/mol. The molecule has 2 amide bonds. The first-order valence-corrected chi connectivity index (χ1v) is 11.8. The molecule has 0 radical (unpaired) electrons.